The minimum atomic E-state index is -0.472. The van der Waals surface area contributed by atoms with Crippen LogP contribution in [0.1, 0.15) is 12.5 Å². The van der Waals surface area contributed by atoms with Gasteiger partial charge in [0.05, 0.1) is 23.9 Å². The van der Waals surface area contributed by atoms with E-state index in [9.17, 15) is 9.59 Å². The van der Waals surface area contributed by atoms with Crippen LogP contribution in [0.4, 0.5) is 5.69 Å². The maximum Gasteiger partial charge on any atom is 0.282 e. The van der Waals surface area contributed by atoms with Crippen LogP contribution in [0.15, 0.2) is 50.9 Å². The lowest BCUT2D eigenvalue weighted by molar-refractivity contribution is -0.117. The molecule has 0 unspecified atom stereocenters. The van der Waals surface area contributed by atoms with Gasteiger partial charge in [0, 0.05) is 4.47 Å². The highest BCUT2D eigenvalue weighted by molar-refractivity contribution is 9.13. The predicted molar refractivity (Wildman–Crippen MR) is 110 cm³/mol. The minimum Gasteiger partial charge on any atom is -0.493 e. The molecule has 8 heteroatoms. The summed E-state index contributed by atoms with van der Waals surface area (Å²) in [4.78, 5) is 25.1. The molecular weight excluding hydrogens is 480 g/mol. The van der Waals surface area contributed by atoms with Crippen molar-refractivity contribution in [1.82, 2.24) is 5.43 Å². The quantitative estimate of drug-likeness (QED) is 0.501. The number of hydrogen-bond donors (Lipinski definition) is 1. The molecule has 140 valence electrons. The van der Waals surface area contributed by atoms with E-state index in [0.717, 1.165) is 0 Å². The van der Waals surface area contributed by atoms with Gasteiger partial charge in [-0.15, -0.1) is 0 Å². The molecule has 2 amide bonds. The molecule has 3 rings (SSSR count). The lowest BCUT2D eigenvalue weighted by Gasteiger charge is -2.15. The summed E-state index contributed by atoms with van der Waals surface area (Å²) in [6.07, 6.45) is 1.52. The number of hydrogen-bond acceptors (Lipinski definition) is 4. The number of nitrogens with one attached hydrogen (secondary N) is 1. The monoisotopic (exact) mass is 494 g/mol. The van der Waals surface area contributed by atoms with Crippen molar-refractivity contribution >= 4 is 55.4 Å². The molecule has 1 fully saturated rings. The second-order valence-electron chi connectivity index (χ2n) is 5.53. The highest BCUT2D eigenvalue weighted by atomic mass is 79.9. The highest BCUT2D eigenvalue weighted by Gasteiger charge is 2.34. The molecule has 0 spiro atoms. The Hall–Kier alpha value is -2.32. The van der Waals surface area contributed by atoms with Crippen LogP contribution in [-0.4, -0.2) is 25.5 Å². The van der Waals surface area contributed by atoms with E-state index in [1.165, 1.54) is 18.2 Å². The molecule has 1 aliphatic heterocycles. The Labute approximate surface area is 173 Å². The van der Waals surface area contributed by atoms with E-state index in [1.807, 2.05) is 13.0 Å². The number of halogens is 2. The van der Waals surface area contributed by atoms with Gasteiger partial charge in [0.15, 0.2) is 11.5 Å². The van der Waals surface area contributed by atoms with Gasteiger partial charge in [0.2, 0.25) is 0 Å². The van der Waals surface area contributed by atoms with Crippen molar-refractivity contribution in [2.45, 2.75) is 6.92 Å². The lowest BCUT2D eigenvalue weighted by Crippen LogP contribution is -2.35. The third kappa shape index (κ3) is 3.72. The summed E-state index contributed by atoms with van der Waals surface area (Å²) in [6.45, 7) is 2.34. The topological polar surface area (TPSA) is 67.9 Å². The summed E-state index contributed by atoms with van der Waals surface area (Å²) in [7, 11) is 1.53. The fraction of sp³-hybridized carbons (Fsp3) is 0.158. The maximum absolute atomic E-state index is 12.7. The number of methoxy groups -OCH3 is 1. The number of para-hydroxylation sites is 1. The van der Waals surface area contributed by atoms with Crippen molar-refractivity contribution in [3.05, 3.63) is 56.5 Å². The van der Waals surface area contributed by atoms with Crippen LogP contribution in [-0.2, 0) is 9.59 Å². The van der Waals surface area contributed by atoms with Crippen molar-refractivity contribution in [3.8, 4) is 11.5 Å². The molecule has 0 bridgehead atoms. The number of hydrazine groups is 1. The largest absolute Gasteiger partial charge is 0.493 e. The zero-order valence-electron chi connectivity index (χ0n) is 14.6. The molecule has 1 aliphatic rings. The van der Waals surface area contributed by atoms with Gasteiger partial charge in [0.25, 0.3) is 11.8 Å². The number of rotatable bonds is 5. The summed E-state index contributed by atoms with van der Waals surface area (Å²) >= 11 is 6.96. The Morgan fingerprint density at radius 1 is 1.15 bits per heavy atom. The van der Waals surface area contributed by atoms with Crippen LogP contribution in [0.2, 0.25) is 0 Å². The van der Waals surface area contributed by atoms with Crippen LogP contribution < -0.4 is 19.9 Å². The molecule has 1 heterocycles. The van der Waals surface area contributed by atoms with Gasteiger partial charge in [-0.2, -0.15) is 0 Å². The summed E-state index contributed by atoms with van der Waals surface area (Å²) in [6, 6.07) is 10.6. The molecule has 27 heavy (non-hydrogen) atoms. The van der Waals surface area contributed by atoms with E-state index >= 15 is 0 Å². The second-order valence-corrected chi connectivity index (χ2v) is 7.12. The Morgan fingerprint density at radius 2 is 1.85 bits per heavy atom. The molecule has 6 nitrogen and oxygen atoms in total. The Morgan fingerprint density at radius 3 is 2.48 bits per heavy atom. The normalized spacial score (nSPS) is 15.3. The van der Waals surface area contributed by atoms with Crippen molar-refractivity contribution in [3.63, 3.8) is 0 Å². The van der Waals surface area contributed by atoms with Gasteiger partial charge < -0.3 is 9.47 Å². The minimum absolute atomic E-state index is 0.0256. The number of ether oxygens (including phenoxy) is 2. The van der Waals surface area contributed by atoms with Crippen molar-refractivity contribution < 1.29 is 19.1 Å². The second kappa shape index (κ2) is 8.14. The average molecular weight is 496 g/mol. The fourth-order valence-electron chi connectivity index (χ4n) is 2.61. The van der Waals surface area contributed by atoms with Gasteiger partial charge in [-0.3, -0.25) is 15.0 Å². The average Bonchev–Trinajstić information content (AvgIpc) is 2.96. The van der Waals surface area contributed by atoms with E-state index in [0.29, 0.717) is 38.3 Å². The molecule has 0 atom stereocenters. The summed E-state index contributed by atoms with van der Waals surface area (Å²) in [5.41, 5.74) is 3.80. The number of nitrogens with zero attached hydrogens (tertiary/aromatic N) is 1. The van der Waals surface area contributed by atoms with Crippen LogP contribution >= 0.6 is 31.9 Å². The van der Waals surface area contributed by atoms with Crippen molar-refractivity contribution in [2.24, 2.45) is 0 Å². The first-order valence-corrected chi connectivity index (χ1v) is 9.67. The van der Waals surface area contributed by atoms with Crippen molar-refractivity contribution in [1.29, 1.82) is 0 Å². The van der Waals surface area contributed by atoms with Crippen molar-refractivity contribution in [2.75, 3.05) is 18.7 Å². The first kappa shape index (κ1) is 19.4. The van der Waals surface area contributed by atoms with Gasteiger partial charge >= 0.3 is 0 Å². The number of anilines is 1. The third-order valence-corrected chi connectivity index (χ3v) is 6.01. The molecule has 0 aliphatic carbocycles. The third-order valence-electron chi connectivity index (χ3n) is 3.87. The van der Waals surface area contributed by atoms with E-state index in [4.69, 9.17) is 9.47 Å². The predicted octanol–water partition coefficient (Wildman–Crippen LogP) is 4.08. The lowest BCUT2D eigenvalue weighted by atomic mass is 10.1. The van der Waals surface area contributed by atoms with Crippen LogP contribution in [0, 0.1) is 0 Å². The van der Waals surface area contributed by atoms with Gasteiger partial charge in [-0.05, 0) is 68.6 Å². The first-order valence-electron chi connectivity index (χ1n) is 8.08. The van der Waals surface area contributed by atoms with Gasteiger partial charge in [0.1, 0.15) is 5.57 Å². The highest BCUT2D eigenvalue weighted by Crippen LogP contribution is 2.43. The SMILES string of the molecule is CCOc1c(OC)cc(C=C2C(=O)NN(c3ccccc3)C2=O)c(Br)c1Br. The van der Waals surface area contributed by atoms with Gasteiger partial charge in [-0.25, -0.2) is 5.01 Å². The standard InChI is InChI=1S/C19H16Br2N2O4/c1-3-27-17-14(26-2)10-11(15(20)16(17)21)9-13-18(24)22-23(19(13)25)12-7-5-4-6-8-12/h4-10H,3H2,1-2H3,(H,22,24). The van der Waals surface area contributed by atoms with Crippen LogP contribution in [0.25, 0.3) is 6.08 Å². The number of amides is 2. The zero-order valence-corrected chi connectivity index (χ0v) is 17.8. The van der Waals surface area contributed by atoms with E-state index in [-0.39, 0.29) is 5.57 Å². The summed E-state index contributed by atoms with van der Waals surface area (Å²) in [5, 5.41) is 1.23. The number of benzene rings is 2. The molecule has 2 aromatic carbocycles. The summed E-state index contributed by atoms with van der Waals surface area (Å²) in [5.74, 6) is 0.133. The van der Waals surface area contributed by atoms with E-state index < -0.39 is 11.8 Å². The molecule has 1 saturated heterocycles. The molecule has 0 aromatic heterocycles. The summed E-state index contributed by atoms with van der Waals surface area (Å²) < 4.78 is 12.3. The molecule has 1 N–H and O–H groups in total. The molecular formula is C19H16Br2N2O4. The zero-order chi connectivity index (χ0) is 19.6. The Balaban J connectivity index is 2.03. The van der Waals surface area contributed by atoms with Crippen LogP contribution in [0.3, 0.4) is 0 Å². The Kier molecular flexibility index (Phi) is 5.86. The number of carbonyl (C=O) groups is 2. The molecule has 0 radical (unpaired) electrons. The maximum atomic E-state index is 12.7. The number of carbonyl (C=O) groups excluding carboxylic acids is 2. The van der Waals surface area contributed by atoms with E-state index in [1.54, 1.807) is 30.3 Å². The van der Waals surface area contributed by atoms with Gasteiger partial charge in [-0.1, -0.05) is 18.2 Å². The smallest absolute Gasteiger partial charge is 0.282 e. The molecule has 2 aromatic rings. The van der Waals surface area contributed by atoms with E-state index in [2.05, 4.69) is 37.3 Å². The molecule has 0 saturated carbocycles. The first-order chi connectivity index (χ1) is 13.0. The Bertz CT molecular complexity index is 929. The van der Waals surface area contributed by atoms with Crippen LogP contribution in [0.5, 0.6) is 11.5 Å². The fourth-order valence-corrected chi connectivity index (χ4v) is 3.56.